The third-order valence-electron chi connectivity index (χ3n) is 2.71. The number of carbonyl (C=O) groups is 1. The summed E-state index contributed by atoms with van der Waals surface area (Å²) in [5, 5.41) is 0. The Morgan fingerprint density at radius 3 is 2.77 bits per heavy atom. The Labute approximate surface area is 80.6 Å². The zero-order valence-electron chi connectivity index (χ0n) is 8.62. The fraction of sp³-hybridized carbons (Fsp3) is 0.727. The molecule has 2 unspecified atom stereocenters. The highest BCUT2D eigenvalue weighted by Crippen LogP contribution is 2.21. The monoisotopic (exact) mass is 181 g/mol. The number of carbonyl (C=O) groups excluding carboxylic acids is 1. The lowest BCUT2D eigenvalue weighted by Crippen LogP contribution is -2.32. The van der Waals surface area contributed by atoms with Crippen molar-refractivity contribution in [1.82, 2.24) is 4.90 Å². The third kappa shape index (κ3) is 2.87. The summed E-state index contributed by atoms with van der Waals surface area (Å²) >= 11 is 0. The highest BCUT2D eigenvalue weighted by atomic mass is 16.2. The maximum absolute atomic E-state index is 11.4. The first-order valence-electron chi connectivity index (χ1n) is 5.04. The van der Waals surface area contributed by atoms with Crippen LogP contribution in [0.25, 0.3) is 0 Å². The molecule has 1 fully saturated rings. The van der Waals surface area contributed by atoms with E-state index >= 15 is 0 Å². The summed E-state index contributed by atoms with van der Waals surface area (Å²) in [5.41, 5.74) is 0. The van der Waals surface area contributed by atoms with Crippen LogP contribution in [0.15, 0.2) is 12.7 Å². The molecule has 1 aliphatic rings. The first kappa shape index (κ1) is 10.3. The second kappa shape index (κ2) is 4.45. The van der Waals surface area contributed by atoms with Crippen LogP contribution in [-0.2, 0) is 4.79 Å². The van der Waals surface area contributed by atoms with Crippen molar-refractivity contribution in [3.8, 4) is 0 Å². The third-order valence-corrected chi connectivity index (χ3v) is 2.71. The van der Waals surface area contributed by atoms with Crippen LogP contribution in [0.1, 0.15) is 26.7 Å². The molecule has 0 radical (unpaired) electrons. The molecule has 0 aromatic heterocycles. The van der Waals surface area contributed by atoms with Gasteiger partial charge in [0.1, 0.15) is 0 Å². The van der Waals surface area contributed by atoms with Gasteiger partial charge in [0.2, 0.25) is 5.91 Å². The number of hydrogen-bond donors (Lipinski definition) is 0. The molecule has 1 amide bonds. The summed E-state index contributed by atoms with van der Waals surface area (Å²) in [6, 6.07) is 0. The van der Waals surface area contributed by atoms with Crippen molar-refractivity contribution in [2.24, 2.45) is 11.8 Å². The molecule has 1 rings (SSSR count). The number of hydrogen-bond acceptors (Lipinski definition) is 1. The van der Waals surface area contributed by atoms with Gasteiger partial charge in [0.05, 0.1) is 0 Å². The van der Waals surface area contributed by atoms with E-state index in [0.29, 0.717) is 5.92 Å². The number of rotatable bonds is 1. The van der Waals surface area contributed by atoms with E-state index in [1.807, 2.05) is 4.90 Å². The summed E-state index contributed by atoms with van der Waals surface area (Å²) in [5.74, 6) is 1.46. The number of amides is 1. The quantitative estimate of drug-likeness (QED) is 0.567. The molecule has 2 atom stereocenters. The van der Waals surface area contributed by atoms with Gasteiger partial charge in [-0.3, -0.25) is 4.79 Å². The highest BCUT2D eigenvalue weighted by Gasteiger charge is 2.20. The van der Waals surface area contributed by atoms with E-state index < -0.39 is 0 Å². The van der Waals surface area contributed by atoms with Crippen molar-refractivity contribution in [3.63, 3.8) is 0 Å². The largest absolute Gasteiger partial charge is 0.339 e. The minimum Gasteiger partial charge on any atom is -0.339 e. The Kier molecular flexibility index (Phi) is 3.52. The van der Waals surface area contributed by atoms with Crippen LogP contribution in [0.3, 0.4) is 0 Å². The van der Waals surface area contributed by atoms with Gasteiger partial charge >= 0.3 is 0 Å². The molecule has 1 heterocycles. The zero-order chi connectivity index (χ0) is 9.84. The molecule has 2 nitrogen and oxygen atoms in total. The van der Waals surface area contributed by atoms with Crippen LogP contribution in [-0.4, -0.2) is 23.9 Å². The summed E-state index contributed by atoms with van der Waals surface area (Å²) in [6.07, 6.45) is 3.79. The fourth-order valence-electron chi connectivity index (χ4n) is 2.05. The zero-order valence-corrected chi connectivity index (χ0v) is 8.62. The van der Waals surface area contributed by atoms with Gasteiger partial charge in [-0.05, 0) is 30.8 Å². The molecule has 1 aliphatic heterocycles. The molecule has 0 bridgehead atoms. The number of nitrogens with zero attached hydrogens (tertiary/aromatic N) is 1. The van der Waals surface area contributed by atoms with E-state index in [-0.39, 0.29) is 5.91 Å². The highest BCUT2D eigenvalue weighted by molar-refractivity contribution is 5.86. The van der Waals surface area contributed by atoms with Crippen LogP contribution in [0, 0.1) is 11.8 Å². The summed E-state index contributed by atoms with van der Waals surface area (Å²) in [6.45, 7) is 9.79. The Hall–Kier alpha value is -0.790. The fourth-order valence-corrected chi connectivity index (χ4v) is 2.05. The van der Waals surface area contributed by atoms with Gasteiger partial charge < -0.3 is 4.90 Å². The van der Waals surface area contributed by atoms with E-state index in [9.17, 15) is 4.79 Å². The van der Waals surface area contributed by atoms with Crippen molar-refractivity contribution >= 4 is 5.91 Å². The topological polar surface area (TPSA) is 20.3 Å². The van der Waals surface area contributed by atoms with Crippen molar-refractivity contribution in [3.05, 3.63) is 12.7 Å². The molecular formula is C11H19NO. The van der Waals surface area contributed by atoms with E-state index in [0.717, 1.165) is 25.4 Å². The van der Waals surface area contributed by atoms with Crippen LogP contribution in [0.4, 0.5) is 0 Å². The maximum atomic E-state index is 11.4. The van der Waals surface area contributed by atoms with Crippen molar-refractivity contribution in [1.29, 1.82) is 0 Å². The van der Waals surface area contributed by atoms with Crippen molar-refractivity contribution in [2.75, 3.05) is 13.1 Å². The lowest BCUT2D eigenvalue weighted by atomic mass is 9.97. The minimum absolute atomic E-state index is 0.0842. The molecule has 0 aliphatic carbocycles. The predicted molar refractivity (Wildman–Crippen MR) is 54.3 cm³/mol. The summed E-state index contributed by atoms with van der Waals surface area (Å²) < 4.78 is 0. The summed E-state index contributed by atoms with van der Waals surface area (Å²) in [4.78, 5) is 13.3. The minimum atomic E-state index is 0.0842. The molecule has 1 saturated heterocycles. The molecule has 2 heteroatoms. The van der Waals surface area contributed by atoms with E-state index in [1.54, 1.807) is 0 Å². The van der Waals surface area contributed by atoms with Gasteiger partial charge in [-0.2, -0.15) is 0 Å². The summed E-state index contributed by atoms with van der Waals surface area (Å²) in [7, 11) is 0. The average Bonchev–Trinajstić information content (AvgIpc) is 2.25. The van der Waals surface area contributed by atoms with Gasteiger partial charge in [-0.15, -0.1) is 0 Å². The second-order valence-corrected chi connectivity index (χ2v) is 4.22. The standard InChI is InChI=1S/C11H19NO/c1-4-11(13)12-6-5-9(2)7-10(3)8-12/h4,9-10H,1,5-8H2,2-3H3. The van der Waals surface area contributed by atoms with Crippen LogP contribution in [0.5, 0.6) is 0 Å². The Morgan fingerprint density at radius 2 is 2.15 bits per heavy atom. The maximum Gasteiger partial charge on any atom is 0.245 e. The predicted octanol–water partition coefficient (Wildman–Crippen LogP) is 2.07. The van der Waals surface area contributed by atoms with Gasteiger partial charge in [0.15, 0.2) is 0 Å². The normalized spacial score (nSPS) is 29.5. The molecule has 0 N–H and O–H groups in total. The van der Waals surface area contributed by atoms with Crippen LogP contribution < -0.4 is 0 Å². The average molecular weight is 181 g/mol. The van der Waals surface area contributed by atoms with Crippen LogP contribution >= 0.6 is 0 Å². The Balaban J connectivity index is 2.57. The lowest BCUT2D eigenvalue weighted by Gasteiger charge is -2.20. The van der Waals surface area contributed by atoms with Gasteiger partial charge in [0.25, 0.3) is 0 Å². The molecule has 0 aromatic carbocycles. The first-order valence-corrected chi connectivity index (χ1v) is 5.04. The lowest BCUT2D eigenvalue weighted by molar-refractivity contribution is -0.126. The Bertz CT molecular complexity index is 200. The SMILES string of the molecule is C=CC(=O)N1CCC(C)CC(C)C1. The van der Waals surface area contributed by atoms with Crippen molar-refractivity contribution in [2.45, 2.75) is 26.7 Å². The van der Waals surface area contributed by atoms with E-state index in [1.165, 1.54) is 12.5 Å². The first-order chi connectivity index (χ1) is 6.13. The number of likely N-dealkylation sites (tertiary alicyclic amines) is 1. The second-order valence-electron chi connectivity index (χ2n) is 4.22. The van der Waals surface area contributed by atoms with Crippen LogP contribution in [0.2, 0.25) is 0 Å². The van der Waals surface area contributed by atoms with E-state index in [2.05, 4.69) is 20.4 Å². The van der Waals surface area contributed by atoms with Gasteiger partial charge in [-0.1, -0.05) is 20.4 Å². The molecular weight excluding hydrogens is 162 g/mol. The molecule has 74 valence electrons. The van der Waals surface area contributed by atoms with Gasteiger partial charge in [0, 0.05) is 13.1 Å². The Morgan fingerprint density at radius 1 is 1.46 bits per heavy atom. The molecule has 0 spiro atoms. The molecule has 0 aromatic rings. The van der Waals surface area contributed by atoms with E-state index in [4.69, 9.17) is 0 Å². The molecule has 13 heavy (non-hydrogen) atoms. The molecule has 0 saturated carbocycles. The van der Waals surface area contributed by atoms with Gasteiger partial charge in [-0.25, -0.2) is 0 Å². The van der Waals surface area contributed by atoms with Crippen molar-refractivity contribution < 1.29 is 4.79 Å². The smallest absolute Gasteiger partial charge is 0.245 e.